The van der Waals surface area contributed by atoms with Crippen LogP contribution in [0.2, 0.25) is 0 Å². The largest absolute Gasteiger partial charge is 0.508 e. The Bertz CT molecular complexity index is 1060. The molecule has 2 heterocycles. The van der Waals surface area contributed by atoms with E-state index in [-0.39, 0.29) is 5.75 Å². The lowest BCUT2D eigenvalue weighted by Crippen LogP contribution is -1.93. The molecule has 4 aromatic rings. The normalized spacial score (nSPS) is 10.7. The Labute approximate surface area is 147 Å². The van der Waals surface area contributed by atoms with Gasteiger partial charge in [-0.3, -0.25) is 4.79 Å². The number of fused-ring (bicyclic) bond motifs is 1. The van der Waals surface area contributed by atoms with Crippen LogP contribution in [0, 0.1) is 0 Å². The van der Waals surface area contributed by atoms with E-state index in [1.807, 2.05) is 24.3 Å². The van der Waals surface area contributed by atoms with Gasteiger partial charge in [0.15, 0.2) is 5.82 Å². The number of nitrogens with zero attached hydrogens (tertiary/aromatic N) is 2. The molecule has 25 heavy (non-hydrogen) atoms. The zero-order valence-corrected chi connectivity index (χ0v) is 13.8. The Balaban J connectivity index is 1.74. The Hall–Kier alpha value is -3.25. The van der Waals surface area contributed by atoms with Crippen LogP contribution < -0.4 is 5.32 Å². The number of hydrogen-bond acceptors (Lipinski definition) is 6. The number of aldehydes is 1. The van der Waals surface area contributed by atoms with Gasteiger partial charge in [0.25, 0.3) is 0 Å². The molecule has 5 nitrogen and oxygen atoms in total. The van der Waals surface area contributed by atoms with Crippen molar-refractivity contribution in [3.63, 3.8) is 0 Å². The van der Waals surface area contributed by atoms with Gasteiger partial charge in [-0.15, -0.1) is 11.3 Å². The van der Waals surface area contributed by atoms with Crippen LogP contribution in [0.1, 0.15) is 10.4 Å². The molecule has 0 unspecified atom stereocenters. The molecule has 0 aliphatic heterocycles. The van der Waals surface area contributed by atoms with E-state index in [1.54, 1.807) is 41.7 Å². The summed E-state index contributed by atoms with van der Waals surface area (Å²) >= 11 is 1.58. The highest BCUT2D eigenvalue weighted by Gasteiger charge is 2.11. The van der Waals surface area contributed by atoms with Crippen LogP contribution in [-0.4, -0.2) is 21.4 Å². The van der Waals surface area contributed by atoms with E-state index in [0.717, 1.165) is 32.6 Å². The van der Waals surface area contributed by atoms with Crippen LogP contribution in [0.25, 0.3) is 20.7 Å². The van der Waals surface area contributed by atoms with Crippen molar-refractivity contribution >= 4 is 39.3 Å². The van der Waals surface area contributed by atoms with Gasteiger partial charge in [-0.25, -0.2) is 9.97 Å². The third-order valence-corrected chi connectivity index (χ3v) is 4.93. The first kappa shape index (κ1) is 15.3. The fourth-order valence-electron chi connectivity index (χ4n) is 2.53. The first-order chi connectivity index (χ1) is 12.2. The molecule has 0 bridgehead atoms. The highest BCUT2D eigenvalue weighted by atomic mass is 32.1. The van der Waals surface area contributed by atoms with Crippen molar-refractivity contribution in [2.24, 2.45) is 0 Å². The molecule has 2 aromatic carbocycles. The molecule has 0 aliphatic rings. The lowest BCUT2D eigenvalue weighted by atomic mass is 10.1. The summed E-state index contributed by atoms with van der Waals surface area (Å²) in [7, 11) is 0. The maximum Gasteiger partial charge on any atom is 0.151 e. The standard InChI is InChI=1S/C19H13N3O2S/c23-10-12-4-6-13(7-5-12)17-9-16-18(25-17)19(21-11-20-16)22-14-2-1-3-15(24)8-14/h1-11,24H,(H,20,21,22). The third kappa shape index (κ3) is 3.07. The summed E-state index contributed by atoms with van der Waals surface area (Å²) in [6.45, 7) is 0. The number of carbonyl (C=O) groups is 1. The molecule has 2 N–H and O–H groups in total. The molecule has 4 rings (SSSR count). The summed E-state index contributed by atoms with van der Waals surface area (Å²) < 4.78 is 0.931. The third-order valence-electron chi connectivity index (χ3n) is 3.75. The van der Waals surface area contributed by atoms with E-state index in [2.05, 4.69) is 15.3 Å². The van der Waals surface area contributed by atoms with Gasteiger partial charge in [0.05, 0.1) is 10.2 Å². The number of phenols is 1. The van der Waals surface area contributed by atoms with E-state index in [9.17, 15) is 9.90 Å². The van der Waals surface area contributed by atoms with E-state index >= 15 is 0 Å². The summed E-state index contributed by atoms with van der Waals surface area (Å²) in [5.74, 6) is 0.883. The van der Waals surface area contributed by atoms with Crippen molar-refractivity contribution in [2.75, 3.05) is 5.32 Å². The summed E-state index contributed by atoms with van der Waals surface area (Å²) in [6.07, 6.45) is 2.34. The summed E-state index contributed by atoms with van der Waals surface area (Å²) in [5.41, 5.74) is 3.27. The van der Waals surface area contributed by atoms with Crippen LogP contribution in [0.4, 0.5) is 11.5 Å². The second-order valence-electron chi connectivity index (χ2n) is 5.46. The van der Waals surface area contributed by atoms with E-state index < -0.39 is 0 Å². The number of aromatic hydroxyl groups is 1. The van der Waals surface area contributed by atoms with Gasteiger partial charge in [0, 0.05) is 22.2 Å². The molecule has 0 aliphatic carbocycles. The van der Waals surface area contributed by atoms with Gasteiger partial charge in [-0.05, 0) is 23.8 Å². The molecule has 2 aromatic heterocycles. The number of hydrogen-bond donors (Lipinski definition) is 2. The molecular weight excluding hydrogens is 334 g/mol. The number of carbonyl (C=O) groups excluding carboxylic acids is 1. The van der Waals surface area contributed by atoms with Crippen molar-refractivity contribution in [1.82, 2.24) is 9.97 Å². The first-order valence-corrected chi connectivity index (χ1v) is 8.41. The highest BCUT2D eigenvalue weighted by molar-refractivity contribution is 7.22. The minimum Gasteiger partial charge on any atom is -0.508 e. The van der Waals surface area contributed by atoms with Gasteiger partial charge >= 0.3 is 0 Å². The number of nitrogens with one attached hydrogen (secondary N) is 1. The fraction of sp³-hybridized carbons (Fsp3) is 0. The molecule has 0 radical (unpaired) electrons. The predicted octanol–water partition coefficient (Wildman–Crippen LogP) is 4.62. The molecular formula is C19H13N3O2S. The topological polar surface area (TPSA) is 75.1 Å². The number of benzene rings is 2. The average Bonchev–Trinajstić information content (AvgIpc) is 3.07. The van der Waals surface area contributed by atoms with Crippen LogP contribution in [0.3, 0.4) is 0 Å². The van der Waals surface area contributed by atoms with Crippen molar-refractivity contribution < 1.29 is 9.90 Å². The lowest BCUT2D eigenvalue weighted by molar-refractivity contribution is 0.112. The number of phenolic OH excluding ortho intramolecular Hbond substituents is 1. The molecule has 0 saturated heterocycles. The Morgan fingerprint density at radius 1 is 1.04 bits per heavy atom. The van der Waals surface area contributed by atoms with Crippen molar-refractivity contribution in [3.05, 3.63) is 66.5 Å². The fourth-order valence-corrected chi connectivity index (χ4v) is 3.59. The molecule has 6 heteroatoms. The van der Waals surface area contributed by atoms with Crippen molar-refractivity contribution in [2.45, 2.75) is 0 Å². The maximum absolute atomic E-state index is 10.8. The highest BCUT2D eigenvalue weighted by Crippen LogP contribution is 2.36. The van der Waals surface area contributed by atoms with Crippen molar-refractivity contribution in [1.29, 1.82) is 0 Å². The Kier molecular flexibility index (Phi) is 3.87. The predicted molar refractivity (Wildman–Crippen MR) is 99.6 cm³/mol. The van der Waals surface area contributed by atoms with E-state index in [4.69, 9.17) is 0 Å². The smallest absolute Gasteiger partial charge is 0.151 e. The van der Waals surface area contributed by atoms with Gasteiger partial charge in [-0.1, -0.05) is 30.3 Å². The monoisotopic (exact) mass is 347 g/mol. The Morgan fingerprint density at radius 3 is 2.64 bits per heavy atom. The minimum atomic E-state index is 0.192. The van der Waals surface area contributed by atoms with E-state index in [1.165, 1.54) is 6.33 Å². The number of rotatable bonds is 4. The van der Waals surface area contributed by atoms with Gasteiger partial charge in [-0.2, -0.15) is 0 Å². The van der Waals surface area contributed by atoms with Gasteiger partial charge in [0.2, 0.25) is 0 Å². The second-order valence-corrected chi connectivity index (χ2v) is 6.51. The number of thiophene rings is 1. The first-order valence-electron chi connectivity index (χ1n) is 7.59. The summed E-state index contributed by atoms with van der Waals surface area (Å²) in [4.78, 5) is 20.5. The van der Waals surface area contributed by atoms with Gasteiger partial charge < -0.3 is 10.4 Å². The number of aromatic nitrogens is 2. The molecule has 0 saturated carbocycles. The van der Waals surface area contributed by atoms with Crippen molar-refractivity contribution in [3.8, 4) is 16.2 Å². The molecule has 0 spiro atoms. The number of anilines is 2. The molecule has 0 atom stereocenters. The average molecular weight is 347 g/mol. The van der Waals surface area contributed by atoms with Crippen LogP contribution >= 0.6 is 11.3 Å². The lowest BCUT2D eigenvalue weighted by Gasteiger charge is -2.06. The summed E-state index contributed by atoms with van der Waals surface area (Å²) in [6, 6.07) is 16.3. The summed E-state index contributed by atoms with van der Waals surface area (Å²) in [5, 5.41) is 12.8. The molecule has 122 valence electrons. The Morgan fingerprint density at radius 2 is 1.88 bits per heavy atom. The zero-order valence-electron chi connectivity index (χ0n) is 13.0. The van der Waals surface area contributed by atoms with Crippen LogP contribution in [-0.2, 0) is 0 Å². The molecule has 0 fully saturated rings. The van der Waals surface area contributed by atoms with Crippen LogP contribution in [0.5, 0.6) is 5.75 Å². The quantitative estimate of drug-likeness (QED) is 0.527. The minimum absolute atomic E-state index is 0.192. The van der Waals surface area contributed by atoms with E-state index in [0.29, 0.717) is 11.4 Å². The second kappa shape index (κ2) is 6.33. The SMILES string of the molecule is O=Cc1ccc(-c2cc3ncnc(Nc4cccc(O)c4)c3s2)cc1. The molecule has 0 amide bonds. The van der Waals surface area contributed by atoms with Crippen LogP contribution in [0.15, 0.2) is 60.9 Å². The van der Waals surface area contributed by atoms with Gasteiger partial charge in [0.1, 0.15) is 18.4 Å². The maximum atomic E-state index is 10.8. The zero-order chi connectivity index (χ0) is 17.2.